The third-order valence-corrected chi connectivity index (χ3v) is 2.70. The maximum atomic E-state index is 13.6. The summed E-state index contributed by atoms with van der Waals surface area (Å²) in [5.74, 6) is -0.731. The van der Waals surface area contributed by atoms with Crippen LogP contribution >= 0.6 is 0 Å². The summed E-state index contributed by atoms with van der Waals surface area (Å²) in [7, 11) is 1.74. The van der Waals surface area contributed by atoms with E-state index in [2.05, 4.69) is 5.32 Å². The molecular formula is C13H20FN3O. The maximum Gasteiger partial charge on any atom is 0.236 e. The van der Waals surface area contributed by atoms with Gasteiger partial charge in [-0.05, 0) is 25.1 Å². The zero-order chi connectivity index (χ0) is 13.5. The van der Waals surface area contributed by atoms with Gasteiger partial charge in [0.1, 0.15) is 11.9 Å². The number of halogens is 1. The summed E-state index contributed by atoms with van der Waals surface area (Å²) in [4.78, 5) is 13.0. The van der Waals surface area contributed by atoms with Gasteiger partial charge in [0.2, 0.25) is 5.91 Å². The number of rotatable bonds is 7. The van der Waals surface area contributed by atoms with Crippen LogP contribution in [0.2, 0.25) is 0 Å². The van der Waals surface area contributed by atoms with Gasteiger partial charge in [-0.15, -0.1) is 0 Å². The molecule has 0 aliphatic heterocycles. The van der Waals surface area contributed by atoms with Gasteiger partial charge in [0.25, 0.3) is 0 Å². The Balaban J connectivity index is 2.69. The lowest BCUT2D eigenvalue weighted by Crippen LogP contribution is -2.48. The molecule has 1 aromatic carbocycles. The van der Waals surface area contributed by atoms with E-state index in [4.69, 9.17) is 5.73 Å². The Morgan fingerprint density at radius 2 is 2.17 bits per heavy atom. The van der Waals surface area contributed by atoms with Crippen LogP contribution in [0.3, 0.4) is 0 Å². The maximum absolute atomic E-state index is 13.6. The van der Waals surface area contributed by atoms with Crippen LogP contribution in [0.1, 0.15) is 13.3 Å². The van der Waals surface area contributed by atoms with Crippen LogP contribution in [0.5, 0.6) is 0 Å². The Kier molecular flexibility index (Phi) is 5.58. The lowest BCUT2D eigenvalue weighted by molar-refractivity contribution is -0.119. The fourth-order valence-electron chi connectivity index (χ4n) is 1.71. The Hall–Kier alpha value is -1.62. The molecule has 18 heavy (non-hydrogen) atoms. The monoisotopic (exact) mass is 253 g/mol. The normalized spacial score (nSPS) is 12.2. The highest BCUT2D eigenvalue weighted by Gasteiger charge is 2.18. The summed E-state index contributed by atoms with van der Waals surface area (Å²) in [5, 5.41) is 3.05. The molecule has 0 aliphatic carbocycles. The van der Waals surface area contributed by atoms with E-state index >= 15 is 0 Å². The number of likely N-dealkylation sites (N-methyl/N-ethyl adjacent to an activating group) is 1. The van der Waals surface area contributed by atoms with Gasteiger partial charge in [0.05, 0.1) is 5.69 Å². The van der Waals surface area contributed by atoms with Crippen molar-refractivity contribution in [2.45, 2.75) is 19.4 Å². The average molecular weight is 253 g/mol. The van der Waals surface area contributed by atoms with Crippen molar-refractivity contribution in [3.63, 3.8) is 0 Å². The van der Waals surface area contributed by atoms with Crippen LogP contribution in [-0.2, 0) is 4.79 Å². The molecule has 3 N–H and O–H groups in total. The van der Waals surface area contributed by atoms with Crippen LogP contribution in [0, 0.1) is 5.82 Å². The first-order valence-electron chi connectivity index (χ1n) is 6.04. The van der Waals surface area contributed by atoms with E-state index in [1.807, 2.05) is 6.92 Å². The second-order valence-electron chi connectivity index (χ2n) is 4.24. The molecule has 1 atom stereocenters. The predicted molar refractivity (Wildman–Crippen MR) is 70.9 cm³/mol. The van der Waals surface area contributed by atoms with Crippen molar-refractivity contribution in [2.75, 3.05) is 25.0 Å². The van der Waals surface area contributed by atoms with Gasteiger partial charge in [0.15, 0.2) is 0 Å². The molecule has 0 fully saturated rings. The van der Waals surface area contributed by atoms with Gasteiger partial charge in [-0.1, -0.05) is 19.1 Å². The molecule has 0 radical (unpaired) electrons. The molecule has 1 aromatic rings. The summed E-state index contributed by atoms with van der Waals surface area (Å²) in [6, 6.07) is 5.98. The number of primary amides is 1. The van der Waals surface area contributed by atoms with Gasteiger partial charge in [0, 0.05) is 13.6 Å². The van der Waals surface area contributed by atoms with Crippen LogP contribution in [-0.4, -0.2) is 32.1 Å². The molecule has 1 unspecified atom stereocenters. The first kappa shape index (κ1) is 14.4. The van der Waals surface area contributed by atoms with Crippen molar-refractivity contribution < 1.29 is 9.18 Å². The SMILES string of the molecule is CCCNC(CN(C)c1ccccc1F)C(N)=O. The molecule has 0 saturated heterocycles. The lowest BCUT2D eigenvalue weighted by atomic mass is 10.2. The number of carbonyl (C=O) groups excluding carboxylic acids is 1. The topological polar surface area (TPSA) is 58.4 Å². The van der Waals surface area contributed by atoms with Crippen molar-refractivity contribution in [3.05, 3.63) is 30.1 Å². The van der Waals surface area contributed by atoms with E-state index in [0.29, 0.717) is 18.8 Å². The van der Waals surface area contributed by atoms with E-state index < -0.39 is 11.9 Å². The smallest absolute Gasteiger partial charge is 0.236 e. The van der Waals surface area contributed by atoms with Crippen molar-refractivity contribution >= 4 is 11.6 Å². The van der Waals surface area contributed by atoms with Crippen molar-refractivity contribution in [1.29, 1.82) is 0 Å². The van der Waals surface area contributed by atoms with E-state index in [0.717, 1.165) is 6.42 Å². The number of anilines is 1. The Morgan fingerprint density at radius 3 is 2.72 bits per heavy atom. The van der Waals surface area contributed by atoms with Gasteiger partial charge < -0.3 is 16.0 Å². The van der Waals surface area contributed by atoms with Crippen molar-refractivity contribution in [3.8, 4) is 0 Å². The zero-order valence-corrected chi connectivity index (χ0v) is 10.8. The van der Waals surface area contributed by atoms with Crippen LogP contribution in [0.25, 0.3) is 0 Å². The van der Waals surface area contributed by atoms with E-state index in [1.54, 1.807) is 30.1 Å². The highest BCUT2D eigenvalue weighted by Crippen LogP contribution is 2.16. The number of hydrogen-bond donors (Lipinski definition) is 2. The minimum absolute atomic E-state index is 0.307. The van der Waals surface area contributed by atoms with Gasteiger partial charge in [-0.3, -0.25) is 4.79 Å². The minimum atomic E-state index is -0.477. The zero-order valence-electron chi connectivity index (χ0n) is 10.8. The van der Waals surface area contributed by atoms with Crippen molar-refractivity contribution in [1.82, 2.24) is 5.32 Å². The minimum Gasteiger partial charge on any atom is -0.370 e. The summed E-state index contributed by atoms with van der Waals surface area (Å²) >= 11 is 0. The molecule has 0 aliphatic rings. The number of nitrogens with two attached hydrogens (primary N) is 1. The highest BCUT2D eigenvalue weighted by molar-refractivity contribution is 5.80. The molecule has 4 nitrogen and oxygen atoms in total. The number of hydrogen-bond acceptors (Lipinski definition) is 3. The largest absolute Gasteiger partial charge is 0.370 e. The second-order valence-corrected chi connectivity index (χ2v) is 4.24. The Morgan fingerprint density at radius 1 is 1.50 bits per heavy atom. The fraction of sp³-hybridized carbons (Fsp3) is 0.462. The number of benzene rings is 1. The van der Waals surface area contributed by atoms with Crippen LogP contribution < -0.4 is 16.0 Å². The highest BCUT2D eigenvalue weighted by atomic mass is 19.1. The summed E-state index contributed by atoms with van der Waals surface area (Å²) in [6.07, 6.45) is 0.910. The van der Waals surface area contributed by atoms with Gasteiger partial charge in [-0.25, -0.2) is 4.39 Å². The first-order valence-corrected chi connectivity index (χ1v) is 6.04. The molecule has 100 valence electrons. The van der Waals surface area contributed by atoms with Crippen molar-refractivity contribution in [2.24, 2.45) is 5.73 Å². The number of nitrogens with one attached hydrogen (secondary N) is 1. The van der Waals surface area contributed by atoms with E-state index in [1.165, 1.54) is 6.07 Å². The van der Waals surface area contributed by atoms with Crippen LogP contribution in [0.4, 0.5) is 10.1 Å². The third kappa shape index (κ3) is 4.00. The number of para-hydroxylation sites is 1. The molecule has 0 aromatic heterocycles. The molecule has 5 heteroatoms. The van der Waals surface area contributed by atoms with E-state index in [-0.39, 0.29) is 5.82 Å². The molecule has 0 saturated carbocycles. The number of nitrogens with zero attached hydrogens (tertiary/aromatic N) is 1. The molecule has 0 heterocycles. The van der Waals surface area contributed by atoms with Crippen LogP contribution in [0.15, 0.2) is 24.3 Å². The predicted octanol–water partition coefficient (Wildman–Crippen LogP) is 1.12. The molecule has 0 spiro atoms. The standard InChI is InChI=1S/C13H20FN3O/c1-3-8-16-11(13(15)18)9-17(2)12-7-5-4-6-10(12)14/h4-7,11,16H,3,8-9H2,1-2H3,(H2,15,18). The Labute approximate surface area is 107 Å². The first-order chi connectivity index (χ1) is 8.56. The Bertz CT molecular complexity index is 398. The third-order valence-electron chi connectivity index (χ3n) is 2.70. The second kappa shape index (κ2) is 6.96. The molecule has 1 rings (SSSR count). The van der Waals surface area contributed by atoms with E-state index in [9.17, 15) is 9.18 Å². The average Bonchev–Trinajstić information content (AvgIpc) is 2.34. The summed E-state index contributed by atoms with van der Waals surface area (Å²) < 4.78 is 13.6. The lowest BCUT2D eigenvalue weighted by Gasteiger charge is -2.25. The fourth-order valence-corrected chi connectivity index (χ4v) is 1.71. The quantitative estimate of drug-likeness (QED) is 0.765. The molecular weight excluding hydrogens is 233 g/mol. The molecule has 1 amide bonds. The summed E-state index contributed by atoms with van der Waals surface area (Å²) in [6.45, 7) is 3.06. The van der Waals surface area contributed by atoms with Gasteiger partial charge >= 0.3 is 0 Å². The van der Waals surface area contributed by atoms with Gasteiger partial charge in [-0.2, -0.15) is 0 Å². The number of carbonyl (C=O) groups is 1. The number of amides is 1. The molecule has 0 bridgehead atoms. The summed E-state index contributed by atoms with van der Waals surface area (Å²) in [5.41, 5.74) is 5.78.